The van der Waals surface area contributed by atoms with Crippen LogP contribution in [0.1, 0.15) is 51.0 Å². The summed E-state index contributed by atoms with van der Waals surface area (Å²) < 4.78 is 5.08. The lowest BCUT2D eigenvalue weighted by atomic mass is 10.1. The molecule has 1 aromatic carbocycles. The monoisotopic (exact) mass is 286 g/mol. The first-order valence-corrected chi connectivity index (χ1v) is 7.82. The van der Waals surface area contributed by atoms with Gasteiger partial charge in [-0.05, 0) is 44.2 Å². The summed E-state index contributed by atoms with van der Waals surface area (Å²) in [7, 11) is 0. The smallest absolute Gasteiger partial charge is 0.315 e. The lowest BCUT2D eigenvalue weighted by molar-refractivity contribution is -0.137. The molecule has 0 radical (unpaired) electrons. The Hall–Kier alpha value is -1.83. The molecule has 114 valence electrons. The fourth-order valence-corrected chi connectivity index (χ4v) is 2.04. The zero-order valence-corrected chi connectivity index (χ0v) is 13.0. The Morgan fingerprint density at radius 3 is 2.33 bits per heavy atom. The molecule has 0 aromatic heterocycles. The molecule has 1 rings (SSSR count). The molecule has 0 spiro atoms. The normalized spacial score (nSPS) is 11.3. The molecule has 0 atom stereocenters. The average Bonchev–Trinajstić information content (AvgIpc) is 2.50. The highest BCUT2D eigenvalue weighted by Gasteiger charge is 2.01. The third kappa shape index (κ3) is 9.67. The van der Waals surface area contributed by atoms with Crippen LogP contribution >= 0.6 is 0 Å². The summed E-state index contributed by atoms with van der Waals surface area (Å²) in [5.41, 5.74) is 0.983. The van der Waals surface area contributed by atoms with Gasteiger partial charge in [-0.15, -0.1) is 0 Å². The number of benzene rings is 1. The van der Waals surface area contributed by atoms with E-state index in [1.807, 2.05) is 36.4 Å². The Morgan fingerprint density at radius 2 is 1.67 bits per heavy atom. The van der Waals surface area contributed by atoms with Gasteiger partial charge in [-0.1, -0.05) is 55.3 Å². The highest BCUT2D eigenvalue weighted by atomic mass is 16.5. The van der Waals surface area contributed by atoms with Crippen molar-refractivity contribution in [3.63, 3.8) is 0 Å². The molecule has 0 bridgehead atoms. The summed E-state index contributed by atoms with van der Waals surface area (Å²) in [6.45, 7) is 2.06. The number of carbonyl (C=O) groups is 1. The van der Waals surface area contributed by atoms with E-state index in [2.05, 4.69) is 19.1 Å². The second-order valence-corrected chi connectivity index (χ2v) is 5.08. The number of ether oxygens (including phenoxy) is 1. The summed E-state index contributed by atoms with van der Waals surface area (Å²) in [5.74, 6) is -0.205. The lowest BCUT2D eigenvalue weighted by Gasteiger charge is -2.00. The Balaban J connectivity index is 2.00. The number of esters is 1. The molecule has 21 heavy (non-hydrogen) atoms. The van der Waals surface area contributed by atoms with Crippen molar-refractivity contribution < 1.29 is 9.53 Å². The van der Waals surface area contributed by atoms with E-state index in [0.717, 1.165) is 18.4 Å². The van der Waals surface area contributed by atoms with Gasteiger partial charge in [0.25, 0.3) is 0 Å². The molecule has 0 unspecified atom stereocenters. The average molecular weight is 286 g/mol. The van der Waals surface area contributed by atoms with E-state index in [4.69, 9.17) is 4.74 Å². The first-order valence-electron chi connectivity index (χ1n) is 7.82. The minimum atomic E-state index is -0.205. The largest absolute Gasteiger partial charge is 0.435 e. The Kier molecular flexibility index (Phi) is 9.80. The van der Waals surface area contributed by atoms with Crippen molar-refractivity contribution in [2.45, 2.75) is 51.9 Å². The van der Waals surface area contributed by atoms with Gasteiger partial charge in [-0.25, -0.2) is 0 Å². The summed E-state index contributed by atoms with van der Waals surface area (Å²) >= 11 is 0. The van der Waals surface area contributed by atoms with Crippen LogP contribution in [0.3, 0.4) is 0 Å². The van der Waals surface area contributed by atoms with Crippen molar-refractivity contribution in [3.05, 3.63) is 60.4 Å². The van der Waals surface area contributed by atoms with E-state index in [1.54, 1.807) is 0 Å². The molecule has 0 aliphatic carbocycles. The third-order valence-electron chi connectivity index (χ3n) is 3.21. The number of carbonyl (C=O) groups excluding carboxylic acids is 1. The summed E-state index contributed by atoms with van der Waals surface area (Å²) in [6, 6.07) is 9.65. The van der Waals surface area contributed by atoms with Crippen molar-refractivity contribution in [3.8, 4) is 0 Å². The maximum atomic E-state index is 11.6. The van der Waals surface area contributed by atoms with Gasteiger partial charge in [0.1, 0.15) is 0 Å². The summed E-state index contributed by atoms with van der Waals surface area (Å²) in [5, 5.41) is 0. The van der Waals surface area contributed by atoms with Gasteiger partial charge in [-0.2, -0.15) is 0 Å². The molecule has 0 N–H and O–H groups in total. The van der Waals surface area contributed by atoms with Gasteiger partial charge in [-0.3, -0.25) is 4.79 Å². The summed E-state index contributed by atoms with van der Waals surface area (Å²) in [6.07, 6.45) is 15.2. The minimum Gasteiger partial charge on any atom is -0.435 e. The Morgan fingerprint density at radius 1 is 1.00 bits per heavy atom. The van der Waals surface area contributed by atoms with E-state index in [0.29, 0.717) is 6.42 Å². The molecule has 0 heterocycles. The molecular weight excluding hydrogens is 260 g/mol. The molecule has 0 fully saturated rings. The van der Waals surface area contributed by atoms with E-state index in [1.165, 1.54) is 31.9 Å². The predicted molar refractivity (Wildman–Crippen MR) is 87.9 cm³/mol. The second kappa shape index (κ2) is 12.0. The van der Waals surface area contributed by atoms with Crippen LogP contribution in [0.2, 0.25) is 0 Å². The zero-order valence-electron chi connectivity index (χ0n) is 13.0. The standard InChI is InChI=1S/C19H26O2/c1-2-3-4-5-6-7-8-9-13-16-21-19(20)17-18-14-11-10-12-15-18/h2-3,10-16H,4-9,17H2,1H3. The molecule has 0 aliphatic heterocycles. The number of rotatable bonds is 10. The highest BCUT2D eigenvalue weighted by Crippen LogP contribution is 2.06. The number of allylic oxidation sites excluding steroid dienone is 3. The Labute approximate surface area is 128 Å². The van der Waals surface area contributed by atoms with Crippen molar-refractivity contribution in [2.24, 2.45) is 0 Å². The third-order valence-corrected chi connectivity index (χ3v) is 3.21. The van der Waals surface area contributed by atoms with E-state index >= 15 is 0 Å². The van der Waals surface area contributed by atoms with Crippen LogP contribution < -0.4 is 0 Å². The first-order chi connectivity index (χ1) is 10.3. The van der Waals surface area contributed by atoms with Gasteiger partial charge >= 0.3 is 5.97 Å². The van der Waals surface area contributed by atoms with Crippen LogP contribution in [0.5, 0.6) is 0 Å². The van der Waals surface area contributed by atoms with Crippen LogP contribution in [0, 0.1) is 0 Å². The van der Waals surface area contributed by atoms with Crippen LogP contribution in [0.15, 0.2) is 54.8 Å². The maximum absolute atomic E-state index is 11.6. The Bertz CT molecular complexity index is 432. The van der Waals surface area contributed by atoms with E-state index in [9.17, 15) is 4.79 Å². The molecule has 2 nitrogen and oxygen atoms in total. The van der Waals surface area contributed by atoms with Crippen molar-refractivity contribution in [2.75, 3.05) is 0 Å². The fraction of sp³-hybridized carbons (Fsp3) is 0.421. The minimum absolute atomic E-state index is 0.205. The number of hydrogen-bond acceptors (Lipinski definition) is 2. The quantitative estimate of drug-likeness (QED) is 0.256. The van der Waals surface area contributed by atoms with Gasteiger partial charge in [0, 0.05) is 0 Å². The van der Waals surface area contributed by atoms with E-state index in [-0.39, 0.29) is 5.97 Å². The van der Waals surface area contributed by atoms with Crippen LogP contribution in [0.4, 0.5) is 0 Å². The van der Waals surface area contributed by atoms with Crippen LogP contribution in [-0.2, 0) is 16.0 Å². The molecule has 0 aliphatic rings. The van der Waals surface area contributed by atoms with Crippen molar-refractivity contribution >= 4 is 5.97 Å². The molecule has 0 saturated heterocycles. The maximum Gasteiger partial charge on any atom is 0.315 e. The van der Waals surface area contributed by atoms with Crippen LogP contribution in [0.25, 0.3) is 0 Å². The fourth-order valence-electron chi connectivity index (χ4n) is 2.04. The second-order valence-electron chi connectivity index (χ2n) is 5.08. The first kappa shape index (κ1) is 17.2. The van der Waals surface area contributed by atoms with Crippen molar-refractivity contribution in [1.82, 2.24) is 0 Å². The lowest BCUT2D eigenvalue weighted by Crippen LogP contribution is -2.03. The number of unbranched alkanes of at least 4 members (excludes halogenated alkanes) is 5. The van der Waals surface area contributed by atoms with Gasteiger partial charge in [0.05, 0.1) is 12.7 Å². The summed E-state index contributed by atoms with van der Waals surface area (Å²) in [4.78, 5) is 11.6. The van der Waals surface area contributed by atoms with E-state index < -0.39 is 0 Å². The van der Waals surface area contributed by atoms with Crippen LogP contribution in [-0.4, -0.2) is 5.97 Å². The molecule has 0 saturated carbocycles. The number of hydrogen-bond donors (Lipinski definition) is 0. The SMILES string of the molecule is CC=CCCCCCCC=COC(=O)Cc1ccccc1. The predicted octanol–water partition coefficient (Wildman–Crippen LogP) is 5.20. The molecular formula is C19H26O2. The topological polar surface area (TPSA) is 26.3 Å². The van der Waals surface area contributed by atoms with Crippen molar-refractivity contribution in [1.29, 1.82) is 0 Å². The molecule has 0 amide bonds. The van der Waals surface area contributed by atoms with Gasteiger partial charge in [0.2, 0.25) is 0 Å². The zero-order chi connectivity index (χ0) is 15.2. The molecule has 1 aromatic rings. The molecule has 2 heteroatoms. The van der Waals surface area contributed by atoms with Gasteiger partial charge in [0.15, 0.2) is 0 Å². The van der Waals surface area contributed by atoms with Gasteiger partial charge < -0.3 is 4.74 Å². The highest BCUT2D eigenvalue weighted by molar-refractivity contribution is 5.73.